The molecule has 0 spiro atoms. The highest BCUT2D eigenvalue weighted by molar-refractivity contribution is 5.23. The SMILES string of the molecule is CCNC(C)c1nnc(C(C)c2ccccc2)o1. The monoisotopic (exact) mass is 245 g/mol. The number of hydrogen-bond acceptors (Lipinski definition) is 4. The van der Waals surface area contributed by atoms with Gasteiger partial charge in [-0.1, -0.05) is 37.3 Å². The molecule has 1 heterocycles. The number of hydrogen-bond donors (Lipinski definition) is 1. The van der Waals surface area contributed by atoms with Crippen LogP contribution in [0.1, 0.15) is 50.1 Å². The predicted molar refractivity (Wildman–Crippen MR) is 70.3 cm³/mol. The van der Waals surface area contributed by atoms with Gasteiger partial charge >= 0.3 is 0 Å². The molecule has 1 aromatic heterocycles. The Bertz CT molecular complexity index is 481. The molecule has 0 aliphatic carbocycles. The van der Waals surface area contributed by atoms with Crippen LogP contribution in [-0.4, -0.2) is 16.7 Å². The van der Waals surface area contributed by atoms with Gasteiger partial charge in [-0.05, 0) is 26.0 Å². The molecule has 18 heavy (non-hydrogen) atoms. The number of nitrogens with zero attached hydrogens (tertiary/aromatic N) is 2. The number of nitrogens with one attached hydrogen (secondary N) is 1. The molecular formula is C14H19N3O. The zero-order valence-electron chi connectivity index (χ0n) is 11.1. The molecule has 0 bridgehead atoms. The Kier molecular flexibility index (Phi) is 4.10. The lowest BCUT2D eigenvalue weighted by Crippen LogP contribution is -2.17. The molecule has 0 fully saturated rings. The van der Waals surface area contributed by atoms with Crippen LogP contribution >= 0.6 is 0 Å². The summed E-state index contributed by atoms with van der Waals surface area (Å²) in [6.07, 6.45) is 0. The quantitative estimate of drug-likeness (QED) is 0.880. The molecule has 0 aliphatic heterocycles. The van der Waals surface area contributed by atoms with E-state index in [4.69, 9.17) is 4.42 Å². The summed E-state index contributed by atoms with van der Waals surface area (Å²) in [4.78, 5) is 0. The molecule has 0 amide bonds. The second-order valence-electron chi connectivity index (χ2n) is 4.39. The Morgan fingerprint density at radius 2 is 1.78 bits per heavy atom. The van der Waals surface area contributed by atoms with Gasteiger partial charge in [-0.25, -0.2) is 0 Å². The highest BCUT2D eigenvalue weighted by Gasteiger charge is 2.18. The third-order valence-corrected chi connectivity index (χ3v) is 3.01. The number of benzene rings is 1. The van der Waals surface area contributed by atoms with Crippen molar-refractivity contribution < 1.29 is 4.42 Å². The average molecular weight is 245 g/mol. The predicted octanol–water partition coefficient (Wildman–Crippen LogP) is 2.89. The molecular weight excluding hydrogens is 226 g/mol. The van der Waals surface area contributed by atoms with Gasteiger partial charge in [-0.15, -0.1) is 10.2 Å². The summed E-state index contributed by atoms with van der Waals surface area (Å²) in [5.74, 6) is 1.44. The van der Waals surface area contributed by atoms with Gasteiger partial charge in [-0.3, -0.25) is 0 Å². The Morgan fingerprint density at radius 1 is 1.11 bits per heavy atom. The fourth-order valence-electron chi connectivity index (χ4n) is 1.87. The first kappa shape index (κ1) is 12.8. The van der Waals surface area contributed by atoms with E-state index in [0.29, 0.717) is 11.8 Å². The van der Waals surface area contributed by atoms with E-state index >= 15 is 0 Å². The van der Waals surface area contributed by atoms with Crippen LogP contribution in [0.25, 0.3) is 0 Å². The van der Waals surface area contributed by atoms with Crippen molar-refractivity contribution in [3.63, 3.8) is 0 Å². The van der Waals surface area contributed by atoms with Crippen molar-refractivity contribution in [2.24, 2.45) is 0 Å². The number of aromatic nitrogens is 2. The molecule has 96 valence electrons. The summed E-state index contributed by atoms with van der Waals surface area (Å²) in [6.45, 7) is 7.03. The Balaban J connectivity index is 2.15. The molecule has 4 nitrogen and oxygen atoms in total. The van der Waals surface area contributed by atoms with Gasteiger partial charge in [0, 0.05) is 0 Å². The van der Waals surface area contributed by atoms with Gasteiger partial charge in [0.15, 0.2) is 0 Å². The van der Waals surface area contributed by atoms with Crippen LogP contribution in [0.3, 0.4) is 0 Å². The zero-order valence-corrected chi connectivity index (χ0v) is 11.1. The van der Waals surface area contributed by atoms with Crippen molar-refractivity contribution in [3.05, 3.63) is 47.7 Å². The fraction of sp³-hybridized carbons (Fsp3) is 0.429. The summed E-state index contributed by atoms with van der Waals surface area (Å²) in [5.41, 5.74) is 1.18. The van der Waals surface area contributed by atoms with E-state index in [1.165, 1.54) is 5.56 Å². The zero-order chi connectivity index (χ0) is 13.0. The van der Waals surface area contributed by atoms with Gasteiger partial charge in [0.05, 0.1) is 12.0 Å². The van der Waals surface area contributed by atoms with Gasteiger partial charge in [0.25, 0.3) is 0 Å². The summed E-state index contributed by atoms with van der Waals surface area (Å²) in [5, 5.41) is 11.5. The Morgan fingerprint density at radius 3 is 2.44 bits per heavy atom. The van der Waals surface area contributed by atoms with E-state index in [2.05, 4.69) is 41.5 Å². The van der Waals surface area contributed by atoms with Gasteiger partial charge in [0.2, 0.25) is 11.8 Å². The van der Waals surface area contributed by atoms with Crippen LogP contribution in [0.15, 0.2) is 34.7 Å². The van der Waals surface area contributed by atoms with Crippen molar-refractivity contribution >= 4 is 0 Å². The average Bonchev–Trinajstić information content (AvgIpc) is 2.89. The molecule has 2 atom stereocenters. The van der Waals surface area contributed by atoms with Crippen LogP contribution < -0.4 is 5.32 Å². The second-order valence-corrected chi connectivity index (χ2v) is 4.39. The largest absolute Gasteiger partial charge is 0.423 e. The molecule has 0 saturated carbocycles. The minimum Gasteiger partial charge on any atom is -0.423 e. The lowest BCUT2D eigenvalue weighted by molar-refractivity contribution is 0.390. The van der Waals surface area contributed by atoms with E-state index in [-0.39, 0.29) is 12.0 Å². The molecule has 0 saturated heterocycles. The Labute approximate surface area is 107 Å². The lowest BCUT2D eigenvalue weighted by Gasteiger charge is -2.08. The molecule has 0 radical (unpaired) electrons. The van der Waals surface area contributed by atoms with Crippen molar-refractivity contribution in [1.82, 2.24) is 15.5 Å². The second kappa shape index (κ2) is 5.78. The highest BCUT2D eigenvalue weighted by atomic mass is 16.4. The highest BCUT2D eigenvalue weighted by Crippen LogP contribution is 2.23. The summed E-state index contributed by atoms with van der Waals surface area (Å²) >= 11 is 0. The molecule has 4 heteroatoms. The van der Waals surface area contributed by atoms with E-state index in [9.17, 15) is 0 Å². The standard InChI is InChI=1S/C14H19N3O/c1-4-15-11(3)14-17-16-13(18-14)10(2)12-8-6-5-7-9-12/h5-11,15H,4H2,1-3H3. The first-order valence-electron chi connectivity index (χ1n) is 6.34. The number of rotatable bonds is 5. The van der Waals surface area contributed by atoms with Crippen molar-refractivity contribution in [1.29, 1.82) is 0 Å². The molecule has 2 rings (SSSR count). The Hall–Kier alpha value is -1.68. The third kappa shape index (κ3) is 2.76. The van der Waals surface area contributed by atoms with Crippen molar-refractivity contribution in [2.45, 2.75) is 32.7 Å². The topological polar surface area (TPSA) is 51.0 Å². The van der Waals surface area contributed by atoms with Crippen LogP contribution in [0.5, 0.6) is 0 Å². The van der Waals surface area contributed by atoms with E-state index in [1.807, 2.05) is 25.1 Å². The van der Waals surface area contributed by atoms with Crippen LogP contribution in [-0.2, 0) is 0 Å². The lowest BCUT2D eigenvalue weighted by atomic mass is 10.0. The summed E-state index contributed by atoms with van der Waals surface area (Å²) in [6, 6.07) is 10.3. The first-order valence-corrected chi connectivity index (χ1v) is 6.34. The maximum atomic E-state index is 5.73. The normalized spacial score (nSPS) is 14.4. The minimum absolute atomic E-state index is 0.0965. The molecule has 1 N–H and O–H groups in total. The first-order chi connectivity index (χ1) is 8.72. The maximum Gasteiger partial charge on any atom is 0.233 e. The van der Waals surface area contributed by atoms with Crippen LogP contribution in [0, 0.1) is 0 Å². The molecule has 2 unspecified atom stereocenters. The smallest absolute Gasteiger partial charge is 0.233 e. The van der Waals surface area contributed by atoms with Crippen molar-refractivity contribution in [3.8, 4) is 0 Å². The van der Waals surface area contributed by atoms with Gasteiger partial charge in [0.1, 0.15) is 0 Å². The van der Waals surface area contributed by atoms with Crippen molar-refractivity contribution in [2.75, 3.05) is 6.54 Å². The fourth-order valence-corrected chi connectivity index (χ4v) is 1.87. The molecule has 2 aromatic rings. The minimum atomic E-state index is 0.0965. The van der Waals surface area contributed by atoms with E-state index < -0.39 is 0 Å². The molecule has 1 aromatic carbocycles. The van der Waals surface area contributed by atoms with Gasteiger partial charge in [-0.2, -0.15) is 0 Å². The summed E-state index contributed by atoms with van der Waals surface area (Å²) < 4.78 is 5.73. The van der Waals surface area contributed by atoms with E-state index in [0.717, 1.165) is 6.54 Å². The summed E-state index contributed by atoms with van der Waals surface area (Å²) in [7, 11) is 0. The van der Waals surface area contributed by atoms with Crippen LogP contribution in [0.2, 0.25) is 0 Å². The van der Waals surface area contributed by atoms with Crippen LogP contribution in [0.4, 0.5) is 0 Å². The maximum absolute atomic E-state index is 5.73. The third-order valence-electron chi connectivity index (χ3n) is 3.01. The molecule has 0 aliphatic rings. The van der Waals surface area contributed by atoms with Gasteiger partial charge < -0.3 is 9.73 Å². The van der Waals surface area contributed by atoms with E-state index in [1.54, 1.807) is 0 Å².